The second-order valence-electron chi connectivity index (χ2n) is 11.6. The molecule has 21 heteroatoms. The molecule has 0 spiro atoms. The number of anilines is 2. The number of nitrogen functional groups attached to an aromatic ring is 1. The molecule has 3 N–H and O–H groups in total. The van der Waals surface area contributed by atoms with Crippen LogP contribution in [0, 0.1) is 11.6 Å². The van der Waals surface area contributed by atoms with E-state index < -0.39 is 35.4 Å². The van der Waals surface area contributed by atoms with Crippen LogP contribution in [0.2, 0.25) is 10.0 Å². The molecule has 0 bridgehead atoms. The molecule has 0 atom stereocenters. The van der Waals surface area contributed by atoms with E-state index >= 15 is 0 Å². The molecular weight excluding hydrogens is 924 g/mol. The molecule has 2 aliphatic rings. The van der Waals surface area contributed by atoms with Gasteiger partial charge in [0, 0.05) is 46.8 Å². The molecule has 0 fully saturated rings. The number of aromatic nitrogens is 2. The lowest BCUT2D eigenvalue weighted by Gasteiger charge is -2.08. The summed E-state index contributed by atoms with van der Waals surface area (Å²) in [5, 5.41) is 2.32. The van der Waals surface area contributed by atoms with Crippen LogP contribution in [0.3, 0.4) is 0 Å². The molecule has 1 amide bonds. The molecule has 4 heterocycles. The molecule has 0 aliphatic carbocycles. The molecule has 6 aromatic rings. The molecule has 0 saturated carbocycles. The third kappa shape index (κ3) is 12.7. The summed E-state index contributed by atoms with van der Waals surface area (Å²) < 4.78 is 95.9. The number of fused-ring (bicyclic) bond motifs is 2. The smallest absolute Gasteiger partial charge is 0.395 e. The van der Waals surface area contributed by atoms with E-state index in [0.717, 1.165) is 0 Å². The number of alkyl halides is 6. The lowest BCUT2D eigenvalue weighted by Crippen LogP contribution is -2.25. The van der Waals surface area contributed by atoms with Crippen LogP contribution in [0.25, 0.3) is 22.3 Å². The number of halogens is 11. The zero-order chi connectivity index (χ0) is 43.8. The molecule has 2 aromatic heterocycles. The Morgan fingerprint density at radius 2 is 1.05 bits per heavy atom. The van der Waals surface area contributed by atoms with Crippen molar-refractivity contribution >= 4 is 80.8 Å². The predicted molar refractivity (Wildman–Crippen MR) is 220 cm³/mol. The molecule has 0 radical (unpaired) electrons. The SMILES string of the molecule is C.ClCCl.Nc1ccc(-c2cc3c(cc2Cl)OC(F)(F)O3)cn1.O=C(Cl)c1ccccc1F.O=C(Nc1ccc(-c2cc3c(cc2Cl)OC(F)(F)O3)cn1)c1ccccc1F. The van der Waals surface area contributed by atoms with E-state index in [1.165, 1.54) is 79.1 Å². The van der Waals surface area contributed by atoms with E-state index in [0.29, 0.717) is 28.1 Å². The lowest BCUT2D eigenvalue weighted by atomic mass is 10.1. The fraction of sp³-hybridized carbons (Fsp3) is 0.100. The van der Waals surface area contributed by atoms with Gasteiger partial charge in [0.15, 0.2) is 23.0 Å². The van der Waals surface area contributed by atoms with Gasteiger partial charge in [-0.1, -0.05) is 54.9 Å². The summed E-state index contributed by atoms with van der Waals surface area (Å²) >= 11 is 26.7. The van der Waals surface area contributed by atoms with Crippen molar-refractivity contribution in [2.75, 3.05) is 16.4 Å². The zero-order valence-electron chi connectivity index (χ0n) is 29.7. The average Bonchev–Trinajstić information content (AvgIpc) is 3.67. The highest BCUT2D eigenvalue weighted by Crippen LogP contribution is 2.47. The Bertz CT molecular complexity index is 2510. The Morgan fingerprint density at radius 1 is 0.639 bits per heavy atom. The molecule has 320 valence electrons. The summed E-state index contributed by atoms with van der Waals surface area (Å²) in [7, 11) is 0. The number of benzene rings is 4. The van der Waals surface area contributed by atoms with Crippen molar-refractivity contribution in [1.29, 1.82) is 0 Å². The van der Waals surface area contributed by atoms with Gasteiger partial charge in [-0.05, 0) is 72.3 Å². The van der Waals surface area contributed by atoms with Gasteiger partial charge < -0.3 is 30.0 Å². The Kier molecular flexibility index (Phi) is 16.3. The van der Waals surface area contributed by atoms with E-state index in [2.05, 4.69) is 34.2 Å². The van der Waals surface area contributed by atoms with Crippen molar-refractivity contribution in [2.24, 2.45) is 0 Å². The maximum atomic E-state index is 13.7. The van der Waals surface area contributed by atoms with Crippen LogP contribution in [-0.4, -0.2) is 39.0 Å². The van der Waals surface area contributed by atoms with E-state index in [1.54, 1.807) is 30.3 Å². The van der Waals surface area contributed by atoms with Gasteiger partial charge in [-0.25, -0.2) is 18.7 Å². The first-order valence-electron chi connectivity index (χ1n) is 16.4. The number of nitrogens with zero attached hydrogens (tertiary/aromatic N) is 2. The minimum atomic E-state index is -3.75. The number of carbonyl (C=O) groups excluding carboxylic acids is 2. The topological polar surface area (TPSA) is 135 Å². The van der Waals surface area contributed by atoms with Gasteiger partial charge in [-0.2, -0.15) is 0 Å². The highest BCUT2D eigenvalue weighted by Gasteiger charge is 2.44. The van der Waals surface area contributed by atoms with Crippen molar-refractivity contribution in [3.63, 3.8) is 0 Å². The van der Waals surface area contributed by atoms with Gasteiger partial charge in [0.2, 0.25) is 0 Å². The summed E-state index contributed by atoms with van der Waals surface area (Å²) in [6.07, 6.45) is -4.53. The number of hydrogen-bond acceptors (Lipinski definition) is 9. The largest absolute Gasteiger partial charge is 0.586 e. The number of amides is 1. The van der Waals surface area contributed by atoms with Gasteiger partial charge >= 0.3 is 12.6 Å². The van der Waals surface area contributed by atoms with E-state index in [9.17, 15) is 35.9 Å². The van der Waals surface area contributed by atoms with Crippen molar-refractivity contribution in [3.8, 4) is 45.3 Å². The number of hydrogen-bond donors (Lipinski definition) is 2. The molecule has 0 saturated heterocycles. The highest BCUT2D eigenvalue weighted by atomic mass is 35.5. The first-order chi connectivity index (χ1) is 28.4. The Morgan fingerprint density at radius 3 is 1.43 bits per heavy atom. The van der Waals surface area contributed by atoms with Gasteiger partial charge in [-0.3, -0.25) is 9.59 Å². The van der Waals surface area contributed by atoms with E-state index in [1.807, 2.05) is 0 Å². The van der Waals surface area contributed by atoms with Crippen LogP contribution < -0.4 is 30.0 Å². The third-order valence-electron chi connectivity index (χ3n) is 7.60. The Balaban J connectivity index is 0.000000214. The van der Waals surface area contributed by atoms with Crippen LogP contribution in [0.4, 0.5) is 38.0 Å². The maximum Gasteiger partial charge on any atom is 0.586 e. The summed E-state index contributed by atoms with van der Waals surface area (Å²) in [4.78, 5) is 30.5. The van der Waals surface area contributed by atoms with Crippen molar-refractivity contribution in [3.05, 3.63) is 142 Å². The molecular formula is C40H27Cl5F6N4O6. The lowest BCUT2D eigenvalue weighted by molar-refractivity contribution is -0.287. The first kappa shape index (κ1) is 48.0. The second-order valence-corrected chi connectivity index (χ2v) is 13.6. The van der Waals surface area contributed by atoms with Gasteiger partial charge in [0.1, 0.15) is 23.3 Å². The standard InChI is InChI=1S/C19H10ClF3N2O3.C12H7ClF2N2O2.C7H4ClFO.CH2Cl2.CH4/c20-13-8-16-15(27-19(22,23)28-16)7-12(13)10-5-6-17(24-9-10)25-18(26)11-3-1-2-4-14(11)21;13-8-4-10-9(18-12(14,15)19-10)3-7(8)6-1-2-11(16)17-5-6;8-7(10)5-3-1-2-4-6(5)9;2-1-3;/h1-9H,(H,24,25,26);1-5H,(H2,16,17);1-4H;1H2;1H4. The third-order valence-corrected chi connectivity index (χ3v) is 8.43. The fourth-order valence-corrected chi connectivity index (χ4v) is 5.71. The van der Waals surface area contributed by atoms with Crippen LogP contribution in [0.5, 0.6) is 23.0 Å². The molecule has 61 heavy (non-hydrogen) atoms. The van der Waals surface area contributed by atoms with Crippen LogP contribution in [0.15, 0.2) is 109 Å². The number of ether oxygens (including phenoxy) is 4. The number of nitrogens with one attached hydrogen (secondary N) is 1. The second kappa shape index (κ2) is 20.7. The summed E-state index contributed by atoms with van der Waals surface area (Å²) in [5.41, 5.74) is 7.32. The van der Waals surface area contributed by atoms with Crippen molar-refractivity contribution in [2.45, 2.75) is 20.0 Å². The molecule has 10 nitrogen and oxygen atoms in total. The van der Waals surface area contributed by atoms with Crippen LogP contribution in [-0.2, 0) is 0 Å². The monoisotopic (exact) mass is 948 g/mol. The minimum Gasteiger partial charge on any atom is -0.395 e. The Labute approximate surface area is 368 Å². The Hall–Kier alpha value is -5.65. The van der Waals surface area contributed by atoms with Crippen LogP contribution in [0.1, 0.15) is 28.1 Å². The first-order valence-corrected chi connectivity index (χ1v) is 18.6. The fourth-order valence-electron chi connectivity index (χ4n) is 5.03. The number of rotatable bonds is 5. The van der Waals surface area contributed by atoms with Gasteiger partial charge in [0.25, 0.3) is 11.1 Å². The quantitative estimate of drug-likeness (QED) is 0.0984. The average molecular weight is 951 g/mol. The van der Waals surface area contributed by atoms with E-state index in [4.69, 9.17) is 63.7 Å². The highest BCUT2D eigenvalue weighted by molar-refractivity contribution is 6.67. The number of carbonyl (C=O) groups is 2. The molecule has 8 rings (SSSR count). The number of pyridine rings is 2. The summed E-state index contributed by atoms with van der Waals surface area (Å²) in [6, 6.07) is 22.6. The van der Waals surface area contributed by atoms with Crippen molar-refractivity contribution < 1.29 is 54.9 Å². The summed E-state index contributed by atoms with van der Waals surface area (Å²) in [5.74, 6) is -1.83. The minimum absolute atomic E-state index is 0. The number of nitrogens with two attached hydrogens (primary N) is 1. The van der Waals surface area contributed by atoms with Gasteiger partial charge in [0.05, 0.1) is 26.5 Å². The predicted octanol–water partition coefficient (Wildman–Crippen LogP) is 12.7. The zero-order valence-corrected chi connectivity index (χ0v) is 33.5. The molecule has 2 aliphatic heterocycles. The molecule has 4 aromatic carbocycles. The van der Waals surface area contributed by atoms with Crippen LogP contribution >= 0.6 is 58.0 Å². The summed E-state index contributed by atoms with van der Waals surface area (Å²) in [6.45, 7) is 0. The van der Waals surface area contributed by atoms with Gasteiger partial charge in [-0.15, -0.1) is 40.8 Å². The maximum absolute atomic E-state index is 13.7. The van der Waals surface area contributed by atoms with Crippen molar-refractivity contribution in [1.82, 2.24) is 9.97 Å². The molecule has 0 unspecified atom stereocenters. The van der Waals surface area contributed by atoms with E-state index in [-0.39, 0.29) is 62.8 Å². The normalized spacial score (nSPS) is 13.1.